The van der Waals surface area contributed by atoms with Crippen LogP contribution in [0.15, 0.2) is 113 Å². The number of carbonyl (C=O) groups excluding carboxylic acids is 1. The number of rotatable bonds is 7. The van der Waals surface area contributed by atoms with Crippen LogP contribution in [0.1, 0.15) is 5.56 Å². The van der Waals surface area contributed by atoms with E-state index in [4.69, 9.17) is 21.3 Å². The zero-order valence-electron chi connectivity index (χ0n) is 19.6. The van der Waals surface area contributed by atoms with Crippen molar-refractivity contribution in [2.45, 2.75) is 0 Å². The summed E-state index contributed by atoms with van der Waals surface area (Å²) in [6.07, 6.45) is 1.58. The number of amides is 1. The first kappa shape index (κ1) is 24.7. The molecule has 1 N–H and O–H groups in total. The smallest absolute Gasteiger partial charge is 0.277 e. The van der Waals surface area contributed by atoms with E-state index in [1.54, 1.807) is 6.21 Å². The van der Waals surface area contributed by atoms with Gasteiger partial charge in [-0.05, 0) is 77.4 Å². The fourth-order valence-corrected chi connectivity index (χ4v) is 4.46. The topological polar surface area (TPSA) is 63.6 Å². The van der Waals surface area contributed by atoms with Crippen LogP contribution in [-0.2, 0) is 4.79 Å². The number of fused-ring (bicyclic) bond motifs is 1. The van der Waals surface area contributed by atoms with Crippen molar-refractivity contribution in [1.29, 1.82) is 0 Å². The fraction of sp³-hybridized carbons (Fsp3) is 0.0333. The molecule has 0 spiro atoms. The molecule has 182 valence electrons. The summed E-state index contributed by atoms with van der Waals surface area (Å²) >= 11 is 9.69. The highest BCUT2D eigenvalue weighted by molar-refractivity contribution is 9.10. The van der Waals surface area contributed by atoms with Crippen LogP contribution in [0.25, 0.3) is 33.3 Å². The molecule has 1 heterocycles. The number of nitrogens with one attached hydrogen (secondary N) is 1. The van der Waals surface area contributed by atoms with E-state index in [0.29, 0.717) is 10.8 Å². The zero-order chi connectivity index (χ0) is 25.6. The normalized spacial score (nSPS) is 11.1. The first-order valence-electron chi connectivity index (χ1n) is 11.5. The Kier molecular flexibility index (Phi) is 7.59. The van der Waals surface area contributed by atoms with Crippen molar-refractivity contribution in [3.63, 3.8) is 0 Å². The standard InChI is InChI=1S/C30H21BrClN3O2/c31-23-8-4-5-20(15-23)18-33-35-30(36)19-37-25-12-9-22(10-13-25)29-17-26(21-6-2-1-3-7-21)27-16-24(32)11-14-28(27)34-29/h1-18H,19H2,(H,35,36). The number of halogens is 2. The minimum absolute atomic E-state index is 0.150. The van der Waals surface area contributed by atoms with Gasteiger partial charge in [0, 0.05) is 20.4 Å². The Morgan fingerprint density at radius 3 is 2.51 bits per heavy atom. The molecule has 5 nitrogen and oxygen atoms in total. The molecule has 0 fully saturated rings. The summed E-state index contributed by atoms with van der Waals surface area (Å²) in [6.45, 7) is -0.150. The second-order valence-corrected chi connectivity index (χ2v) is 9.60. The monoisotopic (exact) mass is 569 g/mol. The van der Waals surface area contributed by atoms with Crippen LogP contribution in [0, 0.1) is 0 Å². The number of nitrogens with zero attached hydrogens (tertiary/aromatic N) is 2. The predicted octanol–water partition coefficient (Wildman–Crippen LogP) is 7.51. The molecule has 0 aliphatic rings. The average molecular weight is 571 g/mol. The molecule has 0 unspecified atom stereocenters. The third-order valence-corrected chi connectivity index (χ3v) is 6.36. The van der Waals surface area contributed by atoms with Gasteiger partial charge in [-0.3, -0.25) is 4.79 Å². The van der Waals surface area contributed by atoms with Gasteiger partial charge in [-0.1, -0.05) is 70.0 Å². The molecule has 0 saturated heterocycles. The summed E-state index contributed by atoms with van der Waals surface area (Å²) < 4.78 is 6.57. The van der Waals surface area contributed by atoms with Crippen LogP contribution in [0.4, 0.5) is 0 Å². The van der Waals surface area contributed by atoms with Gasteiger partial charge in [-0.2, -0.15) is 5.10 Å². The van der Waals surface area contributed by atoms with E-state index in [-0.39, 0.29) is 12.5 Å². The van der Waals surface area contributed by atoms with E-state index in [1.807, 2.05) is 84.9 Å². The molecule has 5 aromatic rings. The summed E-state index contributed by atoms with van der Waals surface area (Å²) in [4.78, 5) is 17.0. The first-order valence-corrected chi connectivity index (χ1v) is 12.7. The second-order valence-electron chi connectivity index (χ2n) is 8.24. The van der Waals surface area contributed by atoms with Crippen LogP contribution in [0.3, 0.4) is 0 Å². The SMILES string of the molecule is O=C(COc1ccc(-c2cc(-c3ccccc3)c3cc(Cl)ccc3n2)cc1)NN=Cc1cccc(Br)c1. The number of hydrazone groups is 1. The highest BCUT2D eigenvalue weighted by atomic mass is 79.9. The molecule has 1 aromatic heterocycles. The molecule has 37 heavy (non-hydrogen) atoms. The van der Waals surface area contributed by atoms with E-state index in [0.717, 1.165) is 43.3 Å². The minimum atomic E-state index is -0.349. The Hall–Kier alpha value is -4.00. The number of carbonyl (C=O) groups is 1. The third-order valence-electron chi connectivity index (χ3n) is 5.63. The number of aromatic nitrogens is 1. The van der Waals surface area contributed by atoms with Gasteiger partial charge in [-0.15, -0.1) is 0 Å². The number of hydrogen-bond acceptors (Lipinski definition) is 4. The van der Waals surface area contributed by atoms with Crippen LogP contribution >= 0.6 is 27.5 Å². The molecule has 0 bridgehead atoms. The molecular formula is C30H21BrClN3O2. The van der Waals surface area contributed by atoms with Gasteiger partial charge in [0.25, 0.3) is 5.91 Å². The Morgan fingerprint density at radius 1 is 0.919 bits per heavy atom. The number of benzene rings is 4. The molecule has 0 saturated carbocycles. The van der Waals surface area contributed by atoms with Crippen LogP contribution in [0.5, 0.6) is 5.75 Å². The van der Waals surface area contributed by atoms with E-state index in [1.165, 1.54) is 0 Å². The fourth-order valence-electron chi connectivity index (χ4n) is 3.87. The Bertz CT molecular complexity index is 1590. The van der Waals surface area contributed by atoms with Gasteiger partial charge in [-0.25, -0.2) is 10.4 Å². The van der Waals surface area contributed by atoms with Crippen molar-refractivity contribution >= 4 is 50.6 Å². The summed E-state index contributed by atoms with van der Waals surface area (Å²) in [5.74, 6) is 0.225. The van der Waals surface area contributed by atoms with Gasteiger partial charge in [0.2, 0.25) is 0 Å². The van der Waals surface area contributed by atoms with E-state index < -0.39 is 0 Å². The van der Waals surface area contributed by atoms with Crippen molar-refractivity contribution in [3.8, 4) is 28.1 Å². The summed E-state index contributed by atoms with van der Waals surface area (Å²) in [5.41, 5.74) is 8.12. The van der Waals surface area contributed by atoms with Gasteiger partial charge in [0.05, 0.1) is 17.4 Å². The van der Waals surface area contributed by atoms with Crippen LogP contribution in [-0.4, -0.2) is 23.7 Å². The lowest BCUT2D eigenvalue weighted by molar-refractivity contribution is -0.123. The van der Waals surface area contributed by atoms with Crippen molar-refractivity contribution < 1.29 is 9.53 Å². The van der Waals surface area contributed by atoms with E-state index >= 15 is 0 Å². The molecule has 0 aliphatic heterocycles. The Labute approximate surface area is 227 Å². The Balaban J connectivity index is 1.29. The summed E-state index contributed by atoms with van der Waals surface area (Å²) in [5, 5.41) is 5.64. The maximum atomic E-state index is 12.1. The molecule has 0 radical (unpaired) electrons. The Morgan fingerprint density at radius 2 is 1.73 bits per heavy atom. The zero-order valence-corrected chi connectivity index (χ0v) is 21.9. The van der Waals surface area contributed by atoms with Gasteiger partial charge in [0.1, 0.15) is 5.75 Å². The van der Waals surface area contributed by atoms with Gasteiger partial charge < -0.3 is 4.74 Å². The quantitative estimate of drug-likeness (QED) is 0.163. The third kappa shape index (κ3) is 6.23. The predicted molar refractivity (Wildman–Crippen MR) is 153 cm³/mol. The molecule has 7 heteroatoms. The number of ether oxygens (including phenoxy) is 1. The summed E-state index contributed by atoms with van der Waals surface area (Å²) in [7, 11) is 0. The number of hydrogen-bond donors (Lipinski definition) is 1. The van der Waals surface area contributed by atoms with Crippen LogP contribution < -0.4 is 10.2 Å². The summed E-state index contributed by atoms with van der Waals surface area (Å²) in [6, 6.07) is 33.1. The van der Waals surface area contributed by atoms with Gasteiger partial charge in [0.15, 0.2) is 6.61 Å². The highest BCUT2D eigenvalue weighted by Crippen LogP contribution is 2.33. The number of pyridine rings is 1. The minimum Gasteiger partial charge on any atom is -0.484 e. The van der Waals surface area contributed by atoms with Crippen molar-refractivity contribution in [3.05, 3.63) is 118 Å². The lowest BCUT2D eigenvalue weighted by Gasteiger charge is -2.11. The van der Waals surface area contributed by atoms with Crippen molar-refractivity contribution in [1.82, 2.24) is 10.4 Å². The largest absolute Gasteiger partial charge is 0.484 e. The van der Waals surface area contributed by atoms with Gasteiger partial charge >= 0.3 is 0 Å². The molecule has 0 aliphatic carbocycles. The maximum Gasteiger partial charge on any atom is 0.277 e. The average Bonchev–Trinajstić information content (AvgIpc) is 2.92. The molecule has 1 amide bonds. The van der Waals surface area contributed by atoms with Crippen molar-refractivity contribution in [2.24, 2.45) is 5.10 Å². The molecule has 0 atom stereocenters. The van der Waals surface area contributed by atoms with E-state index in [2.05, 4.69) is 44.7 Å². The molecule has 4 aromatic carbocycles. The first-order chi connectivity index (χ1) is 18.0. The lowest BCUT2D eigenvalue weighted by atomic mass is 9.98. The maximum absolute atomic E-state index is 12.1. The molecule has 5 rings (SSSR count). The van der Waals surface area contributed by atoms with Crippen LogP contribution in [0.2, 0.25) is 5.02 Å². The van der Waals surface area contributed by atoms with Crippen molar-refractivity contribution in [2.75, 3.05) is 6.61 Å². The lowest BCUT2D eigenvalue weighted by Crippen LogP contribution is -2.24. The molecular weight excluding hydrogens is 550 g/mol. The van der Waals surface area contributed by atoms with E-state index in [9.17, 15) is 4.79 Å². The highest BCUT2D eigenvalue weighted by Gasteiger charge is 2.11. The second kappa shape index (κ2) is 11.4.